The van der Waals surface area contributed by atoms with E-state index >= 15 is 0 Å². The number of aromatic nitrogens is 2. The summed E-state index contributed by atoms with van der Waals surface area (Å²) in [6.45, 7) is 4.36. The van der Waals surface area contributed by atoms with Gasteiger partial charge < -0.3 is 21.3 Å². The summed E-state index contributed by atoms with van der Waals surface area (Å²) in [4.78, 5) is 47.0. The SMILES string of the molecule is C[C@](N)(CF)C(=O)N1CCN(C(=O)Nc2ccn(-c3ccc(CN4CC5C(N)C5C4)cc3)c(=O)n2)CC1.Cl. The molecule has 0 bridgehead atoms. The van der Waals surface area contributed by atoms with E-state index in [0.717, 1.165) is 19.6 Å². The number of carbonyl (C=O) groups excluding carboxylic acids is 2. The first-order valence-corrected chi connectivity index (χ1v) is 12.5. The zero-order valence-corrected chi connectivity index (χ0v) is 22.1. The Morgan fingerprint density at radius 2 is 1.68 bits per heavy atom. The number of fused-ring (bicyclic) bond motifs is 1. The Morgan fingerprint density at radius 1 is 1.08 bits per heavy atom. The number of likely N-dealkylation sites (tertiary alicyclic amines) is 1. The van der Waals surface area contributed by atoms with E-state index in [4.69, 9.17) is 11.5 Å². The van der Waals surface area contributed by atoms with Crippen LogP contribution in [0.25, 0.3) is 5.69 Å². The lowest BCUT2D eigenvalue weighted by molar-refractivity contribution is -0.138. The quantitative estimate of drug-likeness (QED) is 0.474. The summed E-state index contributed by atoms with van der Waals surface area (Å²) in [6, 6.07) is 9.29. The van der Waals surface area contributed by atoms with E-state index in [-0.39, 0.29) is 44.4 Å². The highest BCUT2D eigenvalue weighted by Gasteiger charge is 2.53. The van der Waals surface area contributed by atoms with Crippen molar-refractivity contribution >= 4 is 30.2 Å². The van der Waals surface area contributed by atoms with Gasteiger partial charge in [0.15, 0.2) is 0 Å². The van der Waals surface area contributed by atoms with Crippen molar-refractivity contribution in [3.63, 3.8) is 0 Å². The molecule has 2 unspecified atom stereocenters. The minimum absolute atomic E-state index is 0. The van der Waals surface area contributed by atoms with E-state index in [1.807, 2.05) is 24.3 Å². The summed E-state index contributed by atoms with van der Waals surface area (Å²) in [5, 5.41) is 2.64. The van der Waals surface area contributed by atoms with Crippen LogP contribution in [0.1, 0.15) is 12.5 Å². The number of benzene rings is 1. The Balaban J connectivity index is 0.00000336. The first kappa shape index (κ1) is 28.0. The number of halogens is 2. The van der Waals surface area contributed by atoms with Crippen LogP contribution in [0, 0.1) is 11.8 Å². The molecule has 13 heteroatoms. The molecule has 206 valence electrons. The fraction of sp³-hybridized carbons (Fsp3) is 0.520. The van der Waals surface area contributed by atoms with Crippen LogP contribution in [-0.4, -0.2) is 93.7 Å². The van der Waals surface area contributed by atoms with Gasteiger partial charge in [-0.2, -0.15) is 4.98 Å². The first-order chi connectivity index (χ1) is 17.7. The van der Waals surface area contributed by atoms with Crippen molar-refractivity contribution in [2.24, 2.45) is 23.3 Å². The number of alkyl halides is 1. The smallest absolute Gasteiger partial charge is 0.337 e. The third-order valence-electron chi connectivity index (χ3n) is 7.62. The highest BCUT2D eigenvalue weighted by atomic mass is 35.5. The van der Waals surface area contributed by atoms with Gasteiger partial charge in [0, 0.05) is 58.1 Å². The van der Waals surface area contributed by atoms with Crippen LogP contribution in [0.3, 0.4) is 0 Å². The lowest BCUT2D eigenvalue weighted by atomic mass is 10.0. The largest absolute Gasteiger partial charge is 0.354 e. The van der Waals surface area contributed by atoms with Crippen LogP contribution >= 0.6 is 12.4 Å². The molecule has 3 aliphatic rings. The van der Waals surface area contributed by atoms with Crippen molar-refractivity contribution in [3.8, 4) is 5.69 Å². The molecule has 1 saturated carbocycles. The summed E-state index contributed by atoms with van der Waals surface area (Å²) in [6.07, 6.45) is 1.57. The molecular formula is C25H34ClFN8O3. The number of piperazine rings is 1. The van der Waals surface area contributed by atoms with Crippen molar-refractivity contribution in [3.05, 3.63) is 52.6 Å². The average molecular weight is 549 g/mol. The Hall–Kier alpha value is -3.06. The Morgan fingerprint density at radius 3 is 2.26 bits per heavy atom. The summed E-state index contributed by atoms with van der Waals surface area (Å²) < 4.78 is 14.4. The minimum Gasteiger partial charge on any atom is -0.337 e. The summed E-state index contributed by atoms with van der Waals surface area (Å²) >= 11 is 0. The molecule has 38 heavy (non-hydrogen) atoms. The number of carbonyl (C=O) groups is 2. The number of rotatable bonds is 6. The molecule has 0 radical (unpaired) electrons. The number of nitrogens with two attached hydrogens (primary N) is 2. The number of nitrogens with one attached hydrogen (secondary N) is 1. The van der Waals surface area contributed by atoms with Crippen LogP contribution in [0.2, 0.25) is 0 Å². The topological polar surface area (TPSA) is 143 Å². The van der Waals surface area contributed by atoms with Gasteiger partial charge in [-0.1, -0.05) is 12.1 Å². The second-order valence-electron chi connectivity index (χ2n) is 10.5. The maximum absolute atomic E-state index is 13.0. The van der Waals surface area contributed by atoms with Gasteiger partial charge in [-0.05, 0) is 42.5 Å². The second kappa shape index (κ2) is 11.0. The second-order valence-corrected chi connectivity index (χ2v) is 10.5. The van der Waals surface area contributed by atoms with Crippen molar-refractivity contribution in [2.45, 2.75) is 25.0 Å². The van der Waals surface area contributed by atoms with Crippen molar-refractivity contribution < 1.29 is 14.0 Å². The summed E-state index contributed by atoms with van der Waals surface area (Å²) in [7, 11) is 0. The molecule has 5 rings (SSSR count). The van der Waals surface area contributed by atoms with Gasteiger partial charge in [0.2, 0.25) is 5.91 Å². The number of urea groups is 1. The predicted octanol–water partition coefficient (Wildman–Crippen LogP) is 0.406. The van der Waals surface area contributed by atoms with E-state index in [9.17, 15) is 18.8 Å². The normalized spacial score (nSPS) is 24.3. The number of anilines is 1. The molecule has 3 atom stereocenters. The molecule has 3 amide bonds. The molecule has 5 N–H and O–H groups in total. The number of piperidine rings is 1. The number of amides is 3. The van der Waals surface area contributed by atoms with Gasteiger partial charge in [-0.25, -0.2) is 14.0 Å². The van der Waals surface area contributed by atoms with Gasteiger partial charge >= 0.3 is 11.7 Å². The standard InChI is InChI=1S/C25H33FN8O3.ClH/c1-25(28,15-26)22(35)32-8-10-33(11-9-32)23(36)29-20-6-7-34(24(37)30-20)17-4-2-16(3-5-17)12-31-13-18-19(14-31)21(18)27;/h2-7,18-19,21H,8-15,27-28H2,1H3,(H,29,30,36,37);1H/t18?,19?,21?,25-;/m0./s1. The fourth-order valence-corrected chi connectivity index (χ4v) is 5.20. The number of hydrogen-bond donors (Lipinski definition) is 3. The van der Waals surface area contributed by atoms with Crippen LogP contribution < -0.4 is 22.5 Å². The van der Waals surface area contributed by atoms with Crippen molar-refractivity contribution in [2.75, 3.05) is 51.3 Å². The van der Waals surface area contributed by atoms with Crippen molar-refractivity contribution in [1.82, 2.24) is 24.3 Å². The van der Waals surface area contributed by atoms with Crippen molar-refractivity contribution in [1.29, 1.82) is 0 Å². The predicted molar refractivity (Wildman–Crippen MR) is 143 cm³/mol. The molecule has 0 spiro atoms. The molecule has 1 aromatic heterocycles. The molecular weight excluding hydrogens is 515 g/mol. The molecule has 3 heterocycles. The van der Waals surface area contributed by atoms with Crippen LogP contribution in [-0.2, 0) is 11.3 Å². The fourth-order valence-electron chi connectivity index (χ4n) is 5.20. The maximum atomic E-state index is 13.0. The van der Waals surface area contributed by atoms with Crippen LogP contribution in [0.15, 0.2) is 41.3 Å². The van der Waals surface area contributed by atoms with E-state index in [0.29, 0.717) is 23.6 Å². The molecule has 3 fully saturated rings. The Labute approximate surface area is 226 Å². The van der Waals surface area contributed by atoms with Gasteiger partial charge in [0.1, 0.15) is 18.0 Å². The third kappa shape index (κ3) is 5.68. The average Bonchev–Trinajstić information content (AvgIpc) is 3.28. The number of hydrogen-bond acceptors (Lipinski definition) is 7. The van der Waals surface area contributed by atoms with E-state index < -0.39 is 29.8 Å². The van der Waals surface area contributed by atoms with Gasteiger partial charge in [0.25, 0.3) is 0 Å². The minimum atomic E-state index is -1.57. The highest BCUT2D eigenvalue weighted by molar-refractivity contribution is 5.89. The lowest BCUT2D eigenvalue weighted by Gasteiger charge is -2.37. The monoisotopic (exact) mass is 548 g/mol. The zero-order valence-electron chi connectivity index (χ0n) is 21.3. The third-order valence-corrected chi connectivity index (χ3v) is 7.62. The lowest BCUT2D eigenvalue weighted by Crippen LogP contribution is -2.60. The Bertz CT molecular complexity index is 1220. The zero-order chi connectivity index (χ0) is 26.3. The molecule has 11 nitrogen and oxygen atoms in total. The van der Waals surface area contributed by atoms with Crippen LogP contribution in [0.4, 0.5) is 15.0 Å². The molecule has 2 saturated heterocycles. The molecule has 1 aliphatic carbocycles. The van der Waals surface area contributed by atoms with Gasteiger partial charge in [-0.15, -0.1) is 12.4 Å². The van der Waals surface area contributed by atoms with E-state index in [1.165, 1.54) is 26.9 Å². The maximum Gasteiger partial charge on any atom is 0.354 e. The Kier molecular flexibility index (Phi) is 8.07. The van der Waals surface area contributed by atoms with Gasteiger partial charge in [-0.3, -0.25) is 19.6 Å². The highest BCUT2D eigenvalue weighted by Crippen LogP contribution is 2.44. The van der Waals surface area contributed by atoms with Gasteiger partial charge in [0.05, 0.1) is 5.69 Å². The summed E-state index contributed by atoms with van der Waals surface area (Å²) in [5.74, 6) is 0.947. The summed E-state index contributed by atoms with van der Waals surface area (Å²) in [5.41, 5.74) is 11.5. The number of nitrogens with zero attached hydrogens (tertiary/aromatic N) is 5. The molecule has 2 aromatic rings. The van der Waals surface area contributed by atoms with Crippen LogP contribution in [0.5, 0.6) is 0 Å². The first-order valence-electron chi connectivity index (χ1n) is 12.5. The van der Waals surface area contributed by atoms with E-state index in [1.54, 1.807) is 12.3 Å². The van der Waals surface area contributed by atoms with E-state index in [2.05, 4.69) is 15.2 Å². The molecule has 1 aromatic carbocycles. The molecule has 2 aliphatic heterocycles.